The van der Waals surface area contributed by atoms with Crippen molar-refractivity contribution in [1.82, 2.24) is 0 Å². The summed E-state index contributed by atoms with van der Waals surface area (Å²) in [6.45, 7) is 0. The fraction of sp³-hybridized carbons (Fsp3) is 0. The van der Waals surface area contributed by atoms with Crippen LogP contribution in [0.4, 0.5) is 0 Å². The van der Waals surface area contributed by atoms with Crippen LogP contribution in [0, 0.1) is 0 Å². The van der Waals surface area contributed by atoms with Crippen LogP contribution in [-0.2, 0) is 0 Å². The Balaban J connectivity index is 1.70. The third kappa shape index (κ3) is 2.54. The molecule has 0 atom stereocenters. The fourth-order valence-corrected chi connectivity index (χ4v) is 3.99. The van der Waals surface area contributed by atoms with E-state index >= 15 is 0 Å². The molecule has 0 amide bonds. The van der Waals surface area contributed by atoms with Gasteiger partial charge in [0.25, 0.3) is 0 Å². The average Bonchev–Trinajstić information content (AvgIpc) is 2.78. The molecule has 30 heavy (non-hydrogen) atoms. The highest BCUT2D eigenvalue weighted by Gasteiger charge is 2.36. The number of rotatable bonds is 2. The number of phenolic OH excluding ortho intramolecular Hbond substituents is 2. The summed E-state index contributed by atoms with van der Waals surface area (Å²) in [6.07, 6.45) is 0. The smallest absolute Gasteiger partial charge is 0.198 e. The largest absolute Gasteiger partial charge is 0.507 e. The van der Waals surface area contributed by atoms with Crippen LogP contribution >= 0.6 is 0 Å². The first-order valence-electron chi connectivity index (χ1n) is 9.50. The lowest BCUT2D eigenvalue weighted by Gasteiger charge is -2.22. The first-order chi connectivity index (χ1) is 14.6. The van der Waals surface area contributed by atoms with Gasteiger partial charge in [-0.05, 0) is 35.4 Å². The molecule has 0 unspecified atom stereocenters. The summed E-state index contributed by atoms with van der Waals surface area (Å²) in [7, 11) is 0. The van der Waals surface area contributed by atoms with E-state index in [1.54, 1.807) is 12.1 Å². The number of carbonyl (C=O) groups is 2. The van der Waals surface area contributed by atoms with Gasteiger partial charge in [0, 0.05) is 22.3 Å². The minimum atomic E-state index is -0.482. The third-order valence-corrected chi connectivity index (χ3v) is 5.47. The Bertz CT molecular complexity index is 1220. The average molecular weight is 392 g/mol. The first kappa shape index (κ1) is 17.9. The Morgan fingerprint density at radius 2 is 0.767 bits per heavy atom. The minimum absolute atomic E-state index is 0.0271. The molecule has 1 aliphatic carbocycles. The number of ketones is 2. The zero-order valence-corrected chi connectivity index (χ0v) is 15.8. The monoisotopic (exact) mass is 392 g/mol. The summed E-state index contributed by atoms with van der Waals surface area (Å²) in [5.74, 6) is -1.42. The van der Waals surface area contributed by atoms with Gasteiger partial charge < -0.3 is 10.2 Å². The minimum Gasteiger partial charge on any atom is -0.507 e. The number of fused-ring (bicyclic) bond motifs is 2. The summed E-state index contributed by atoms with van der Waals surface area (Å²) in [5, 5.41) is 21.7. The molecule has 4 nitrogen and oxygen atoms in total. The SMILES string of the molecule is O=C1c2ccc(-c3ccccc3)c(O)c2C(=O)c2ccc(-c3ccccc3)c(O)c21. The van der Waals surface area contributed by atoms with Crippen LogP contribution < -0.4 is 0 Å². The number of hydrogen-bond acceptors (Lipinski definition) is 4. The predicted molar refractivity (Wildman–Crippen MR) is 114 cm³/mol. The molecule has 0 radical (unpaired) electrons. The fourth-order valence-electron chi connectivity index (χ4n) is 3.99. The lowest BCUT2D eigenvalue weighted by Crippen LogP contribution is -2.21. The van der Waals surface area contributed by atoms with Gasteiger partial charge in [-0.2, -0.15) is 0 Å². The summed E-state index contributed by atoms with van der Waals surface area (Å²) in [5.41, 5.74) is 2.56. The van der Waals surface area contributed by atoms with E-state index in [1.165, 1.54) is 12.1 Å². The van der Waals surface area contributed by atoms with Gasteiger partial charge in [0.2, 0.25) is 0 Å². The van der Waals surface area contributed by atoms with E-state index in [-0.39, 0.29) is 33.8 Å². The Hall–Kier alpha value is -4.18. The number of phenols is 2. The van der Waals surface area contributed by atoms with Crippen molar-refractivity contribution in [3.63, 3.8) is 0 Å². The quantitative estimate of drug-likeness (QED) is 0.433. The molecule has 0 saturated heterocycles. The van der Waals surface area contributed by atoms with E-state index < -0.39 is 11.6 Å². The molecule has 4 aromatic rings. The normalized spacial score (nSPS) is 12.4. The molecular formula is C26H16O4. The lowest BCUT2D eigenvalue weighted by atomic mass is 9.80. The van der Waals surface area contributed by atoms with E-state index in [0.717, 1.165) is 11.1 Å². The van der Waals surface area contributed by atoms with Crippen LogP contribution in [0.15, 0.2) is 84.9 Å². The van der Waals surface area contributed by atoms with Gasteiger partial charge in [0.05, 0.1) is 11.1 Å². The number of aromatic hydroxyl groups is 2. The van der Waals surface area contributed by atoms with Crippen LogP contribution in [0.1, 0.15) is 31.8 Å². The van der Waals surface area contributed by atoms with Crippen molar-refractivity contribution in [2.24, 2.45) is 0 Å². The topological polar surface area (TPSA) is 74.6 Å². The zero-order valence-electron chi connectivity index (χ0n) is 15.8. The molecule has 0 aliphatic heterocycles. The van der Waals surface area contributed by atoms with E-state index in [0.29, 0.717) is 11.1 Å². The highest BCUT2D eigenvalue weighted by molar-refractivity contribution is 6.31. The second-order valence-electron chi connectivity index (χ2n) is 7.16. The van der Waals surface area contributed by atoms with E-state index in [1.807, 2.05) is 60.7 Å². The second-order valence-corrected chi connectivity index (χ2v) is 7.16. The molecule has 0 aromatic heterocycles. The molecule has 4 heteroatoms. The van der Waals surface area contributed by atoms with Gasteiger partial charge in [-0.15, -0.1) is 0 Å². The Morgan fingerprint density at radius 1 is 0.433 bits per heavy atom. The van der Waals surface area contributed by atoms with Gasteiger partial charge in [-0.25, -0.2) is 0 Å². The van der Waals surface area contributed by atoms with E-state index in [4.69, 9.17) is 0 Å². The van der Waals surface area contributed by atoms with Crippen molar-refractivity contribution >= 4 is 11.6 Å². The van der Waals surface area contributed by atoms with Gasteiger partial charge in [-0.1, -0.05) is 60.7 Å². The molecule has 0 fully saturated rings. The molecule has 0 bridgehead atoms. The van der Waals surface area contributed by atoms with Crippen LogP contribution in [-0.4, -0.2) is 21.8 Å². The van der Waals surface area contributed by atoms with Crippen LogP contribution in [0.25, 0.3) is 22.3 Å². The van der Waals surface area contributed by atoms with Gasteiger partial charge >= 0.3 is 0 Å². The maximum absolute atomic E-state index is 13.2. The molecule has 0 saturated carbocycles. The zero-order chi connectivity index (χ0) is 20.8. The summed E-state index contributed by atoms with van der Waals surface area (Å²) >= 11 is 0. The van der Waals surface area contributed by atoms with Crippen molar-refractivity contribution in [3.8, 4) is 33.8 Å². The highest BCUT2D eigenvalue weighted by atomic mass is 16.3. The van der Waals surface area contributed by atoms with Crippen LogP contribution in [0.2, 0.25) is 0 Å². The Kier molecular flexibility index (Phi) is 4.00. The maximum atomic E-state index is 13.2. The molecule has 2 N–H and O–H groups in total. The molecule has 144 valence electrons. The van der Waals surface area contributed by atoms with Crippen LogP contribution in [0.5, 0.6) is 11.5 Å². The molecule has 1 aliphatic rings. The summed E-state index contributed by atoms with van der Waals surface area (Å²) < 4.78 is 0. The van der Waals surface area contributed by atoms with Crippen molar-refractivity contribution in [1.29, 1.82) is 0 Å². The number of carbonyl (C=O) groups excluding carboxylic acids is 2. The van der Waals surface area contributed by atoms with Gasteiger partial charge in [0.1, 0.15) is 11.5 Å². The van der Waals surface area contributed by atoms with Gasteiger partial charge in [0.15, 0.2) is 11.6 Å². The molecule has 5 rings (SSSR count). The van der Waals surface area contributed by atoms with Crippen molar-refractivity contribution in [3.05, 3.63) is 107 Å². The van der Waals surface area contributed by atoms with Crippen molar-refractivity contribution in [2.75, 3.05) is 0 Å². The Morgan fingerprint density at radius 3 is 1.13 bits per heavy atom. The second kappa shape index (κ2) is 6.71. The lowest BCUT2D eigenvalue weighted by molar-refractivity contribution is 0.0974. The molecule has 0 spiro atoms. The van der Waals surface area contributed by atoms with Crippen LogP contribution in [0.3, 0.4) is 0 Å². The van der Waals surface area contributed by atoms with Crippen molar-refractivity contribution < 1.29 is 19.8 Å². The molecular weight excluding hydrogens is 376 g/mol. The number of benzene rings is 4. The highest BCUT2D eigenvalue weighted by Crippen LogP contribution is 2.43. The standard InChI is InChI=1S/C26H16O4/c27-23-17(15-7-3-1-4-8-15)11-13-19-21(23)25(29)20-14-12-18(16-9-5-2-6-10-16)24(28)22(20)26(19)30/h1-14,27-28H. The predicted octanol–water partition coefficient (Wildman–Crippen LogP) is 5.21. The summed E-state index contributed by atoms with van der Waals surface area (Å²) in [6, 6.07) is 24.7. The molecule has 0 heterocycles. The maximum Gasteiger partial charge on any atom is 0.198 e. The van der Waals surface area contributed by atoms with E-state index in [2.05, 4.69) is 0 Å². The third-order valence-electron chi connectivity index (χ3n) is 5.47. The first-order valence-corrected chi connectivity index (χ1v) is 9.50. The number of hydrogen-bond donors (Lipinski definition) is 2. The Labute approximate surface area is 172 Å². The van der Waals surface area contributed by atoms with Crippen molar-refractivity contribution in [2.45, 2.75) is 0 Å². The molecule has 4 aromatic carbocycles. The van der Waals surface area contributed by atoms with E-state index in [9.17, 15) is 19.8 Å². The van der Waals surface area contributed by atoms with Gasteiger partial charge in [-0.3, -0.25) is 9.59 Å². The summed E-state index contributed by atoms with van der Waals surface area (Å²) in [4.78, 5) is 26.5.